The molecule has 0 radical (unpaired) electrons. The van der Waals surface area contributed by atoms with E-state index in [-0.39, 0.29) is 11.7 Å². The van der Waals surface area contributed by atoms with Crippen molar-refractivity contribution in [2.75, 3.05) is 5.75 Å². The van der Waals surface area contributed by atoms with Gasteiger partial charge in [-0.15, -0.1) is 21.5 Å². The van der Waals surface area contributed by atoms with E-state index in [0.29, 0.717) is 26.4 Å². The summed E-state index contributed by atoms with van der Waals surface area (Å²) in [6.45, 7) is 1.86. The maximum Gasteiger partial charge on any atom is 0.355 e. The van der Waals surface area contributed by atoms with E-state index in [1.807, 2.05) is 66.1 Å². The number of thioether (sulfide) groups is 1. The zero-order valence-electron chi connectivity index (χ0n) is 20.0. The van der Waals surface area contributed by atoms with Crippen LogP contribution in [0.2, 0.25) is 5.02 Å². The van der Waals surface area contributed by atoms with Crippen LogP contribution in [0.25, 0.3) is 15.8 Å². The van der Waals surface area contributed by atoms with Crippen LogP contribution in [-0.4, -0.2) is 38.6 Å². The average molecular weight is 562 g/mol. The van der Waals surface area contributed by atoms with E-state index in [1.54, 1.807) is 24.3 Å². The highest BCUT2D eigenvalue weighted by Gasteiger charge is 2.19. The summed E-state index contributed by atoms with van der Waals surface area (Å²) < 4.78 is 8.34. The van der Waals surface area contributed by atoms with Crippen molar-refractivity contribution in [2.45, 2.75) is 12.1 Å². The zero-order valence-corrected chi connectivity index (χ0v) is 22.4. The summed E-state index contributed by atoms with van der Waals surface area (Å²) in [6, 6.07) is 24.0. The van der Waals surface area contributed by atoms with Gasteiger partial charge in [-0.05, 0) is 42.8 Å². The quantitative estimate of drug-likeness (QED) is 0.0832. The fourth-order valence-corrected chi connectivity index (χ4v) is 5.78. The van der Waals surface area contributed by atoms with Crippen LogP contribution >= 0.6 is 34.7 Å². The average Bonchev–Trinajstić information content (AvgIpc) is 3.47. The molecule has 0 aliphatic rings. The topological polar surface area (TPSA) is 98.5 Å². The highest BCUT2D eigenvalue weighted by molar-refractivity contribution is 7.99. The maximum absolute atomic E-state index is 12.7. The molecule has 3 aromatic carbocycles. The lowest BCUT2D eigenvalue weighted by Gasteiger charge is -2.07. The van der Waals surface area contributed by atoms with Gasteiger partial charge in [0.05, 0.1) is 17.0 Å². The van der Waals surface area contributed by atoms with E-state index < -0.39 is 5.97 Å². The summed E-state index contributed by atoms with van der Waals surface area (Å²) >= 11 is 8.94. The predicted octanol–water partition coefficient (Wildman–Crippen LogP) is 5.91. The molecule has 0 bridgehead atoms. The molecular weight excluding hydrogens is 542 g/mol. The Bertz CT molecular complexity index is 1650. The molecule has 11 heteroatoms. The Morgan fingerprint density at radius 3 is 2.68 bits per heavy atom. The zero-order chi connectivity index (χ0) is 26.5. The molecule has 8 nitrogen and oxygen atoms in total. The molecule has 0 unspecified atom stereocenters. The Morgan fingerprint density at radius 2 is 1.87 bits per heavy atom. The normalized spacial score (nSPS) is 11.2. The summed E-state index contributed by atoms with van der Waals surface area (Å²) in [5.41, 5.74) is 4.07. The number of carbonyl (C=O) groups is 2. The van der Waals surface area contributed by atoms with E-state index >= 15 is 0 Å². The fraction of sp³-hybridized carbons (Fsp3) is 0.0741. The van der Waals surface area contributed by atoms with Gasteiger partial charge in [-0.2, -0.15) is 5.10 Å². The third-order valence-corrected chi connectivity index (χ3v) is 7.92. The molecule has 0 aliphatic carbocycles. The summed E-state index contributed by atoms with van der Waals surface area (Å²) in [5, 5.41) is 14.1. The lowest BCUT2D eigenvalue weighted by Crippen LogP contribution is -2.20. The van der Waals surface area contributed by atoms with Crippen molar-refractivity contribution in [3.63, 3.8) is 0 Å². The number of hydrogen-bond donors (Lipinski definition) is 1. The number of aromatic nitrogens is 3. The van der Waals surface area contributed by atoms with Crippen LogP contribution in [0.1, 0.15) is 21.1 Å². The Morgan fingerprint density at radius 1 is 1.08 bits per heavy atom. The number of benzene rings is 3. The van der Waals surface area contributed by atoms with Gasteiger partial charge >= 0.3 is 5.97 Å². The van der Waals surface area contributed by atoms with Crippen LogP contribution < -0.4 is 10.2 Å². The van der Waals surface area contributed by atoms with Crippen LogP contribution in [0, 0.1) is 6.92 Å². The van der Waals surface area contributed by atoms with Gasteiger partial charge in [0, 0.05) is 15.8 Å². The molecule has 2 aromatic heterocycles. The van der Waals surface area contributed by atoms with Crippen molar-refractivity contribution in [1.29, 1.82) is 0 Å². The van der Waals surface area contributed by atoms with Crippen LogP contribution in [-0.2, 0) is 4.79 Å². The minimum absolute atomic E-state index is 0.107. The van der Waals surface area contributed by atoms with Gasteiger partial charge in [-0.25, -0.2) is 10.2 Å². The van der Waals surface area contributed by atoms with Gasteiger partial charge in [0.15, 0.2) is 5.16 Å². The molecule has 5 aromatic rings. The lowest BCUT2D eigenvalue weighted by molar-refractivity contribution is -0.118. The standard InChI is InChI=1S/C27H20ClN5O3S2/c1-17-30-32-27(33(17)19-9-3-2-4-10-19)37-16-23(34)31-29-15-18-8-7-11-20(14-18)36-26(35)25-24(28)21-12-5-6-13-22(21)38-25/h2-15H,16H2,1H3,(H,31,34). The van der Waals surface area contributed by atoms with Crippen molar-refractivity contribution in [1.82, 2.24) is 20.2 Å². The van der Waals surface area contributed by atoms with Crippen LogP contribution in [0.15, 0.2) is 89.1 Å². The van der Waals surface area contributed by atoms with E-state index in [0.717, 1.165) is 21.6 Å². The molecule has 190 valence electrons. The molecule has 2 heterocycles. The monoisotopic (exact) mass is 561 g/mol. The van der Waals surface area contributed by atoms with Gasteiger partial charge in [-0.3, -0.25) is 9.36 Å². The van der Waals surface area contributed by atoms with Crippen molar-refractivity contribution in [3.8, 4) is 11.4 Å². The molecular formula is C27H20ClN5O3S2. The number of ether oxygens (including phenoxy) is 1. The highest BCUT2D eigenvalue weighted by Crippen LogP contribution is 2.35. The van der Waals surface area contributed by atoms with Gasteiger partial charge in [-0.1, -0.05) is 71.9 Å². The molecule has 1 amide bonds. The Hall–Kier alpha value is -3.99. The number of para-hydroxylation sites is 1. The largest absolute Gasteiger partial charge is 0.422 e. The molecule has 0 spiro atoms. The number of halogens is 1. The van der Waals surface area contributed by atoms with Crippen LogP contribution in [0.5, 0.6) is 5.75 Å². The van der Waals surface area contributed by atoms with Gasteiger partial charge in [0.2, 0.25) is 0 Å². The van der Waals surface area contributed by atoms with Gasteiger partial charge in [0.1, 0.15) is 16.5 Å². The first kappa shape index (κ1) is 25.7. The van der Waals surface area contributed by atoms with Crippen molar-refractivity contribution in [2.24, 2.45) is 5.10 Å². The summed E-state index contributed by atoms with van der Waals surface area (Å²) in [6.07, 6.45) is 1.48. The van der Waals surface area contributed by atoms with Crippen molar-refractivity contribution >= 4 is 62.9 Å². The number of amides is 1. The summed E-state index contributed by atoms with van der Waals surface area (Å²) in [5.74, 6) is 0.343. The van der Waals surface area contributed by atoms with Gasteiger partial charge in [0.25, 0.3) is 5.91 Å². The number of nitrogens with zero attached hydrogens (tertiary/aromatic N) is 4. The Kier molecular flexibility index (Phi) is 7.83. The summed E-state index contributed by atoms with van der Waals surface area (Å²) in [4.78, 5) is 25.4. The smallest absolute Gasteiger partial charge is 0.355 e. The molecule has 1 N–H and O–H groups in total. The SMILES string of the molecule is Cc1nnc(SCC(=O)NN=Cc2cccc(OC(=O)c3sc4ccccc4c3Cl)c2)n1-c1ccccc1. The van der Waals surface area contributed by atoms with Gasteiger partial charge < -0.3 is 4.74 Å². The molecule has 0 saturated heterocycles. The van der Waals surface area contributed by atoms with E-state index in [9.17, 15) is 9.59 Å². The molecule has 0 fully saturated rings. The minimum atomic E-state index is -0.533. The summed E-state index contributed by atoms with van der Waals surface area (Å²) in [7, 11) is 0. The second-order valence-electron chi connectivity index (χ2n) is 7.99. The first-order valence-electron chi connectivity index (χ1n) is 11.4. The molecule has 38 heavy (non-hydrogen) atoms. The second kappa shape index (κ2) is 11.6. The number of hydrogen-bond acceptors (Lipinski definition) is 8. The highest BCUT2D eigenvalue weighted by atomic mass is 35.5. The number of nitrogens with one attached hydrogen (secondary N) is 1. The molecule has 0 aliphatic heterocycles. The predicted molar refractivity (Wildman–Crippen MR) is 151 cm³/mol. The molecule has 5 rings (SSSR count). The third kappa shape index (κ3) is 5.77. The van der Waals surface area contributed by atoms with E-state index in [2.05, 4.69) is 20.7 Å². The second-order valence-corrected chi connectivity index (χ2v) is 10.4. The first-order valence-corrected chi connectivity index (χ1v) is 13.6. The van der Waals surface area contributed by atoms with Crippen LogP contribution in [0.4, 0.5) is 0 Å². The maximum atomic E-state index is 12.7. The van der Waals surface area contributed by atoms with E-state index in [1.165, 1.54) is 29.3 Å². The third-order valence-electron chi connectivity index (χ3n) is 5.33. The number of thiophene rings is 1. The lowest BCUT2D eigenvalue weighted by atomic mass is 10.2. The number of fused-ring (bicyclic) bond motifs is 1. The number of esters is 1. The fourth-order valence-electron chi connectivity index (χ4n) is 3.61. The van der Waals surface area contributed by atoms with Crippen LogP contribution in [0.3, 0.4) is 0 Å². The minimum Gasteiger partial charge on any atom is -0.422 e. The number of rotatable bonds is 8. The Labute approximate surface area is 231 Å². The molecule has 0 saturated carbocycles. The number of aryl methyl sites for hydroxylation is 1. The molecule has 0 atom stereocenters. The van der Waals surface area contributed by atoms with Crippen molar-refractivity contribution in [3.05, 3.63) is 100 Å². The Balaban J connectivity index is 1.17. The van der Waals surface area contributed by atoms with E-state index in [4.69, 9.17) is 16.3 Å². The number of carbonyl (C=O) groups excluding carboxylic acids is 2. The van der Waals surface area contributed by atoms with Crippen molar-refractivity contribution < 1.29 is 14.3 Å². The number of hydrazone groups is 1. The first-order chi connectivity index (χ1) is 18.5.